The molecule has 0 spiro atoms. The van der Waals surface area contributed by atoms with Crippen molar-refractivity contribution in [1.29, 1.82) is 0 Å². The summed E-state index contributed by atoms with van der Waals surface area (Å²) < 4.78 is 18.6. The molecule has 0 saturated heterocycles. The predicted octanol–water partition coefficient (Wildman–Crippen LogP) is 5.95. The molecule has 2 amide bonds. The normalized spacial score (nSPS) is 10.9. The average Bonchev–Trinajstić information content (AvgIpc) is 3.23. The number of rotatable bonds is 16. The van der Waals surface area contributed by atoms with Crippen LogP contribution in [0.2, 0.25) is 0 Å². The zero-order valence-electron chi connectivity index (χ0n) is 20.9. The number of ether oxygens (including phenoxy) is 1. The first-order valence-corrected chi connectivity index (χ1v) is 13.1. The first-order valence-electron chi connectivity index (χ1n) is 12.3. The number of unbranched alkanes of at least 4 members (excludes halogenated alkanes) is 5. The highest BCUT2D eigenvalue weighted by molar-refractivity contribution is 7.10. The Kier molecular flexibility index (Phi) is 12.9. The van der Waals surface area contributed by atoms with Crippen molar-refractivity contribution >= 4 is 23.2 Å². The van der Waals surface area contributed by atoms with Crippen molar-refractivity contribution in [2.45, 2.75) is 71.9 Å². The van der Waals surface area contributed by atoms with E-state index in [0.717, 1.165) is 35.3 Å². The van der Waals surface area contributed by atoms with Gasteiger partial charge in [-0.3, -0.25) is 9.59 Å². The van der Waals surface area contributed by atoms with Gasteiger partial charge < -0.3 is 14.5 Å². The lowest BCUT2D eigenvalue weighted by molar-refractivity contribution is -0.141. The Bertz CT molecular complexity index is 869. The Morgan fingerprint density at radius 3 is 2.29 bits per heavy atom. The highest BCUT2D eigenvalue weighted by Crippen LogP contribution is 2.20. The summed E-state index contributed by atoms with van der Waals surface area (Å²) in [5.41, 5.74) is 1.99. The summed E-state index contributed by atoms with van der Waals surface area (Å²) in [6.07, 6.45) is 7.10. The summed E-state index contributed by atoms with van der Waals surface area (Å²) in [6, 6.07) is 8.24. The SMILES string of the molecule is CCCCCCCCC(=O)N(CCOC)CC(=O)N(Cc1ccc(F)cc1)Cc1sccc1C. The third-order valence-corrected chi connectivity index (χ3v) is 6.94. The zero-order valence-corrected chi connectivity index (χ0v) is 21.7. The van der Waals surface area contributed by atoms with Crippen LogP contribution in [0.25, 0.3) is 0 Å². The van der Waals surface area contributed by atoms with Crippen LogP contribution in [0.5, 0.6) is 0 Å². The number of benzene rings is 1. The number of carbonyl (C=O) groups is 2. The number of halogens is 1. The molecule has 5 nitrogen and oxygen atoms in total. The van der Waals surface area contributed by atoms with Gasteiger partial charge in [-0.25, -0.2) is 4.39 Å². The number of carbonyl (C=O) groups excluding carboxylic acids is 2. The van der Waals surface area contributed by atoms with Crippen molar-refractivity contribution in [2.24, 2.45) is 0 Å². The standard InChI is InChI=1S/C27H39FN2O3S/c1-4-5-6-7-8-9-10-26(31)29(16-17-33-3)21-27(32)30(20-25-22(2)15-18-34-25)19-23-11-13-24(28)14-12-23/h11-15,18H,4-10,16-17,19-21H2,1-3H3. The maximum atomic E-state index is 13.4. The van der Waals surface area contributed by atoms with Gasteiger partial charge in [0, 0.05) is 31.5 Å². The smallest absolute Gasteiger partial charge is 0.242 e. The summed E-state index contributed by atoms with van der Waals surface area (Å²) in [6.45, 7) is 5.83. The molecule has 0 saturated carbocycles. The van der Waals surface area contributed by atoms with Crippen molar-refractivity contribution in [3.05, 3.63) is 57.5 Å². The second kappa shape index (κ2) is 15.6. The Morgan fingerprint density at radius 1 is 0.941 bits per heavy atom. The molecule has 0 bridgehead atoms. The molecule has 34 heavy (non-hydrogen) atoms. The molecule has 0 aliphatic heterocycles. The molecule has 2 aromatic rings. The van der Waals surface area contributed by atoms with E-state index in [2.05, 4.69) is 6.92 Å². The lowest BCUT2D eigenvalue weighted by Gasteiger charge is -2.28. The van der Waals surface area contributed by atoms with E-state index in [9.17, 15) is 14.0 Å². The van der Waals surface area contributed by atoms with Crippen LogP contribution in [-0.2, 0) is 27.4 Å². The Morgan fingerprint density at radius 2 is 1.65 bits per heavy atom. The van der Waals surface area contributed by atoms with Gasteiger partial charge in [0.1, 0.15) is 5.82 Å². The molecule has 0 radical (unpaired) electrons. The van der Waals surface area contributed by atoms with Crippen LogP contribution in [0.1, 0.15) is 67.9 Å². The third kappa shape index (κ3) is 9.94. The predicted molar refractivity (Wildman–Crippen MR) is 136 cm³/mol. The fourth-order valence-electron chi connectivity index (χ4n) is 3.75. The van der Waals surface area contributed by atoms with E-state index in [1.807, 2.05) is 18.4 Å². The minimum Gasteiger partial charge on any atom is -0.383 e. The van der Waals surface area contributed by atoms with E-state index in [0.29, 0.717) is 32.7 Å². The van der Waals surface area contributed by atoms with E-state index in [-0.39, 0.29) is 24.2 Å². The monoisotopic (exact) mass is 490 g/mol. The van der Waals surface area contributed by atoms with E-state index in [1.54, 1.807) is 40.4 Å². The molecule has 7 heteroatoms. The summed E-state index contributed by atoms with van der Waals surface area (Å²) in [5, 5.41) is 2.01. The highest BCUT2D eigenvalue weighted by atomic mass is 32.1. The van der Waals surface area contributed by atoms with Crippen molar-refractivity contribution < 1.29 is 18.7 Å². The lowest BCUT2D eigenvalue weighted by atomic mass is 10.1. The van der Waals surface area contributed by atoms with Gasteiger partial charge in [0.15, 0.2) is 0 Å². The van der Waals surface area contributed by atoms with Crippen LogP contribution in [0, 0.1) is 12.7 Å². The summed E-state index contributed by atoms with van der Waals surface area (Å²) >= 11 is 1.61. The van der Waals surface area contributed by atoms with Gasteiger partial charge in [-0.15, -0.1) is 11.3 Å². The first-order chi connectivity index (χ1) is 16.4. The minimum atomic E-state index is -0.304. The molecular weight excluding hydrogens is 451 g/mol. The van der Waals surface area contributed by atoms with Crippen LogP contribution in [0.3, 0.4) is 0 Å². The molecule has 0 aliphatic carbocycles. The van der Waals surface area contributed by atoms with Crippen LogP contribution < -0.4 is 0 Å². The van der Waals surface area contributed by atoms with Crippen molar-refractivity contribution in [3.8, 4) is 0 Å². The average molecular weight is 491 g/mol. The van der Waals surface area contributed by atoms with Crippen LogP contribution >= 0.6 is 11.3 Å². The molecule has 0 atom stereocenters. The highest BCUT2D eigenvalue weighted by Gasteiger charge is 2.22. The van der Waals surface area contributed by atoms with Gasteiger partial charge in [-0.05, 0) is 48.1 Å². The molecule has 0 aliphatic rings. The second-order valence-electron chi connectivity index (χ2n) is 8.73. The molecule has 0 unspecified atom stereocenters. The number of hydrogen-bond donors (Lipinski definition) is 0. The molecule has 1 heterocycles. The Balaban J connectivity index is 2.05. The Labute approximate surface area is 207 Å². The number of nitrogens with zero attached hydrogens (tertiary/aromatic N) is 2. The van der Waals surface area contributed by atoms with Gasteiger partial charge in [0.05, 0.1) is 19.7 Å². The molecule has 2 rings (SSSR count). The van der Waals surface area contributed by atoms with E-state index in [1.165, 1.54) is 31.4 Å². The van der Waals surface area contributed by atoms with Crippen LogP contribution in [0.4, 0.5) is 4.39 Å². The molecule has 0 N–H and O–H groups in total. The quantitative estimate of drug-likeness (QED) is 0.273. The largest absolute Gasteiger partial charge is 0.383 e. The van der Waals surface area contributed by atoms with E-state index < -0.39 is 0 Å². The van der Waals surface area contributed by atoms with Gasteiger partial charge in [-0.1, -0.05) is 51.2 Å². The number of thiophene rings is 1. The first kappa shape index (κ1) is 28.0. The van der Waals surface area contributed by atoms with Crippen LogP contribution in [0.15, 0.2) is 35.7 Å². The molecule has 0 fully saturated rings. The molecule has 188 valence electrons. The molecule has 1 aromatic carbocycles. The topological polar surface area (TPSA) is 49.9 Å². The number of methoxy groups -OCH3 is 1. The number of amides is 2. The second-order valence-corrected chi connectivity index (χ2v) is 9.73. The fraction of sp³-hybridized carbons (Fsp3) is 0.556. The number of aryl methyl sites for hydroxylation is 1. The summed E-state index contributed by atoms with van der Waals surface area (Å²) in [5.74, 6) is -0.429. The van der Waals surface area contributed by atoms with Crippen molar-refractivity contribution in [2.75, 3.05) is 26.8 Å². The maximum Gasteiger partial charge on any atom is 0.242 e. The van der Waals surface area contributed by atoms with Crippen molar-refractivity contribution in [1.82, 2.24) is 9.80 Å². The number of hydrogen-bond acceptors (Lipinski definition) is 4. The maximum absolute atomic E-state index is 13.4. The molecular formula is C27H39FN2O3S. The van der Waals surface area contributed by atoms with Gasteiger partial charge in [0.2, 0.25) is 11.8 Å². The van der Waals surface area contributed by atoms with Gasteiger partial charge in [0.25, 0.3) is 0 Å². The lowest BCUT2D eigenvalue weighted by Crippen LogP contribution is -2.43. The van der Waals surface area contributed by atoms with E-state index in [4.69, 9.17) is 4.74 Å². The molecule has 1 aromatic heterocycles. The summed E-state index contributed by atoms with van der Waals surface area (Å²) in [4.78, 5) is 30.8. The fourth-order valence-corrected chi connectivity index (χ4v) is 4.67. The minimum absolute atomic E-state index is 0.00470. The zero-order chi connectivity index (χ0) is 24.8. The Hall–Kier alpha value is -2.25. The van der Waals surface area contributed by atoms with Gasteiger partial charge in [-0.2, -0.15) is 0 Å². The summed E-state index contributed by atoms with van der Waals surface area (Å²) in [7, 11) is 1.60. The van der Waals surface area contributed by atoms with E-state index >= 15 is 0 Å². The van der Waals surface area contributed by atoms with Crippen LogP contribution in [-0.4, -0.2) is 48.4 Å². The third-order valence-electron chi connectivity index (χ3n) is 5.93. The van der Waals surface area contributed by atoms with Crippen molar-refractivity contribution in [3.63, 3.8) is 0 Å². The van der Waals surface area contributed by atoms with Gasteiger partial charge >= 0.3 is 0 Å².